The molecule has 3 heterocycles. The van der Waals surface area contributed by atoms with Gasteiger partial charge < -0.3 is 9.47 Å². The fourth-order valence-electron chi connectivity index (χ4n) is 3.89. The van der Waals surface area contributed by atoms with Crippen molar-refractivity contribution in [2.24, 2.45) is 13.0 Å². The molecule has 1 aliphatic heterocycles. The van der Waals surface area contributed by atoms with Gasteiger partial charge in [0.15, 0.2) is 11.2 Å². The lowest BCUT2D eigenvalue weighted by atomic mass is 10.1. The molecule has 0 saturated heterocycles. The van der Waals surface area contributed by atoms with E-state index in [2.05, 4.69) is 24.0 Å². The fourth-order valence-corrected chi connectivity index (χ4v) is 3.89. The lowest BCUT2D eigenvalue weighted by Gasteiger charge is -2.30. The number of aryl methyl sites for hydroxylation is 3. The number of nitrogens with zero attached hydrogens (tertiary/aromatic N) is 5. The highest BCUT2D eigenvalue weighted by molar-refractivity contribution is 5.77. The van der Waals surface area contributed by atoms with Crippen molar-refractivity contribution in [1.29, 1.82) is 0 Å². The van der Waals surface area contributed by atoms with Crippen LogP contribution in [0.4, 0.5) is 11.6 Å². The lowest BCUT2D eigenvalue weighted by molar-refractivity contribution is 0.483. The van der Waals surface area contributed by atoms with Crippen LogP contribution in [0, 0.1) is 12.8 Å². The van der Waals surface area contributed by atoms with E-state index in [0.29, 0.717) is 17.7 Å². The Morgan fingerprint density at radius 2 is 1.89 bits per heavy atom. The van der Waals surface area contributed by atoms with E-state index in [0.717, 1.165) is 36.7 Å². The van der Waals surface area contributed by atoms with Crippen molar-refractivity contribution in [3.8, 4) is 0 Å². The number of benzene rings is 1. The van der Waals surface area contributed by atoms with Gasteiger partial charge in [-0.3, -0.25) is 13.9 Å². The minimum atomic E-state index is -0.306. The van der Waals surface area contributed by atoms with Crippen LogP contribution < -0.4 is 16.1 Å². The van der Waals surface area contributed by atoms with E-state index in [4.69, 9.17) is 4.98 Å². The third kappa shape index (κ3) is 2.69. The predicted molar refractivity (Wildman–Crippen MR) is 107 cm³/mol. The molecule has 0 bridgehead atoms. The summed E-state index contributed by atoms with van der Waals surface area (Å²) in [6.45, 7) is 8.04. The summed E-state index contributed by atoms with van der Waals surface area (Å²) in [5.74, 6) is 0.944. The van der Waals surface area contributed by atoms with E-state index in [9.17, 15) is 9.59 Å². The minimum Gasteiger partial charge on any atom is -0.312 e. The lowest BCUT2D eigenvalue weighted by Crippen LogP contribution is -2.40. The van der Waals surface area contributed by atoms with E-state index in [1.165, 1.54) is 9.13 Å². The van der Waals surface area contributed by atoms with Gasteiger partial charge in [-0.2, -0.15) is 4.98 Å². The molecule has 0 spiro atoms. The van der Waals surface area contributed by atoms with Crippen LogP contribution in [0.25, 0.3) is 11.2 Å². The second kappa shape index (κ2) is 6.40. The minimum absolute atomic E-state index is 0.208. The Morgan fingerprint density at radius 3 is 2.59 bits per heavy atom. The molecule has 7 nitrogen and oxygen atoms in total. The SMILES string of the molecule is Cc1ccccc1N1CCCn2c1nc1c2c(=O)n(CC(C)C)c(=O)n1C. The molecule has 7 heteroatoms. The second-order valence-electron chi connectivity index (χ2n) is 7.68. The Kier molecular flexibility index (Phi) is 4.17. The molecule has 0 aliphatic carbocycles. The highest BCUT2D eigenvalue weighted by Gasteiger charge is 2.27. The van der Waals surface area contributed by atoms with Gasteiger partial charge in [-0.1, -0.05) is 32.0 Å². The Balaban J connectivity index is 2.00. The van der Waals surface area contributed by atoms with Gasteiger partial charge in [-0.15, -0.1) is 0 Å². The number of imidazole rings is 1. The van der Waals surface area contributed by atoms with Crippen molar-refractivity contribution in [1.82, 2.24) is 18.7 Å². The molecule has 1 aliphatic rings. The molecule has 0 atom stereocenters. The Hall–Kier alpha value is -2.83. The number of rotatable bonds is 3. The monoisotopic (exact) mass is 367 g/mol. The first-order valence-electron chi connectivity index (χ1n) is 9.43. The molecule has 142 valence electrons. The third-order valence-corrected chi connectivity index (χ3v) is 5.17. The van der Waals surface area contributed by atoms with E-state index < -0.39 is 0 Å². The number of hydrogen-bond acceptors (Lipinski definition) is 4. The van der Waals surface area contributed by atoms with Gasteiger partial charge in [0.05, 0.1) is 0 Å². The maximum Gasteiger partial charge on any atom is 0.332 e. The average molecular weight is 367 g/mol. The van der Waals surface area contributed by atoms with Gasteiger partial charge in [-0.05, 0) is 30.9 Å². The molecule has 1 aromatic carbocycles. The molecule has 27 heavy (non-hydrogen) atoms. The summed E-state index contributed by atoms with van der Waals surface area (Å²) in [5.41, 5.74) is 2.67. The summed E-state index contributed by atoms with van der Waals surface area (Å²) >= 11 is 0. The van der Waals surface area contributed by atoms with Crippen molar-refractivity contribution >= 4 is 22.8 Å². The number of hydrogen-bond donors (Lipinski definition) is 0. The second-order valence-corrected chi connectivity index (χ2v) is 7.68. The van der Waals surface area contributed by atoms with Gasteiger partial charge in [0, 0.05) is 32.4 Å². The third-order valence-electron chi connectivity index (χ3n) is 5.17. The van der Waals surface area contributed by atoms with Gasteiger partial charge in [-0.25, -0.2) is 4.79 Å². The zero-order valence-electron chi connectivity index (χ0n) is 16.3. The topological polar surface area (TPSA) is 65.1 Å². The zero-order valence-corrected chi connectivity index (χ0v) is 16.3. The van der Waals surface area contributed by atoms with Crippen molar-refractivity contribution in [3.63, 3.8) is 0 Å². The smallest absolute Gasteiger partial charge is 0.312 e. The molecule has 2 aromatic heterocycles. The molecular weight excluding hydrogens is 342 g/mol. The van der Waals surface area contributed by atoms with Crippen LogP contribution in [-0.4, -0.2) is 25.2 Å². The summed E-state index contributed by atoms with van der Waals surface area (Å²) in [5, 5.41) is 0. The summed E-state index contributed by atoms with van der Waals surface area (Å²) in [7, 11) is 1.69. The maximum absolute atomic E-state index is 13.2. The Labute approximate surface area is 157 Å². The predicted octanol–water partition coefficient (Wildman–Crippen LogP) is 2.40. The van der Waals surface area contributed by atoms with Crippen LogP contribution in [0.15, 0.2) is 33.9 Å². The van der Waals surface area contributed by atoms with Crippen LogP contribution in [0.3, 0.4) is 0 Å². The summed E-state index contributed by atoms with van der Waals surface area (Å²) in [6.07, 6.45) is 0.916. The molecule has 3 aromatic rings. The summed E-state index contributed by atoms with van der Waals surface area (Å²) < 4.78 is 4.82. The summed E-state index contributed by atoms with van der Waals surface area (Å²) in [4.78, 5) is 32.8. The number of aromatic nitrogens is 4. The van der Waals surface area contributed by atoms with Gasteiger partial charge >= 0.3 is 5.69 Å². The van der Waals surface area contributed by atoms with Crippen LogP contribution in [0.5, 0.6) is 0 Å². The average Bonchev–Trinajstić information content (AvgIpc) is 3.04. The maximum atomic E-state index is 13.2. The van der Waals surface area contributed by atoms with Crippen molar-refractivity contribution in [2.45, 2.75) is 40.3 Å². The fraction of sp³-hybridized carbons (Fsp3) is 0.450. The van der Waals surface area contributed by atoms with Gasteiger partial charge in [0.1, 0.15) is 0 Å². The first kappa shape index (κ1) is 17.6. The zero-order chi connectivity index (χ0) is 19.3. The number of para-hydroxylation sites is 1. The van der Waals surface area contributed by atoms with Crippen LogP contribution >= 0.6 is 0 Å². The van der Waals surface area contributed by atoms with E-state index in [1.54, 1.807) is 7.05 Å². The van der Waals surface area contributed by atoms with Crippen LogP contribution in [0.2, 0.25) is 0 Å². The molecule has 0 amide bonds. The molecule has 0 saturated carbocycles. The standard InChI is InChI=1S/C20H25N5O2/c1-13(2)12-25-18(26)16-17(22(4)20(25)27)21-19-23(10-7-11-24(16)19)15-9-6-5-8-14(15)3/h5-6,8-9,13H,7,10-12H2,1-4H3. The van der Waals surface area contributed by atoms with E-state index in [1.807, 2.05) is 30.5 Å². The van der Waals surface area contributed by atoms with Crippen molar-refractivity contribution in [2.75, 3.05) is 11.4 Å². The van der Waals surface area contributed by atoms with E-state index >= 15 is 0 Å². The number of anilines is 2. The van der Waals surface area contributed by atoms with Crippen molar-refractivity contribution in [3.05, 3.63) is 50.7 Å². The van der Waals surface area contributed by atoms with Gasteiger partial charge in [0.25, 0.3) is 5.56 Å². The van der Waals surface area contributed by atoms with Crippen LogP contribution in [0.1, 0.15) is 25.8 Å². The van der Waals surface area contributed by atoms with Gasteiger partial charge in [0.2, 0.25) is 5.95 Å². The normalized spacial score (nSPS) is 14.2. The Bertz CT molecular complexity index is 1140. The largest absolute Gasteiger partial charge is 0.332 e. The first-order valence-corrected chi connectivity index (χ1v) is 9.43. The number of fused-ring (bicyclic) bond motifs is 3. The molecule has 0 radical (unpaired) electrons. The van der Waals surface area contributed by atoms with Crippen LogP contribution in [-0.2, 0) is 20.1 Å². The highest BCUT2D eigenvalue weighted by Crippen LogP contribution is 2.32. The first-order chi connectivity index (χ1) is 12.9. The quantitative estimate of drug-likeness (QED) is 0.713. The molecule has 0 N–H and O–H groups in total. The highest BCUT2D eigenvalue weighted by atomic mass is 16.2. The van der Waals surface area contributed by atoms with Crippen molar-refractivity contribution < 1.29 is 0 Å². The van der Waals surface area contributed by atoms with E-state index in [-0.39, 0.29) is 17.2 Å². The molecule has 0 unspecified atom stereocenters. The molecular formula is C20H25N5O2. The molecule has 4 rings (SSSR count). The molecule has 0 fully saturated rings. The summed E-state index contributed by atoms with van der Waals surface area (Å²) in [6, 6.07) is 8.16. The Morgan fingerprint density at radius 1 is 1.15 bits per heavy atom.